The van der Waals surface area contributed by atoms with Gasteiger partial charge in [0.1, 0.15) is 12.6 Å². The lowest BCUT2D eigenvalue weighted by molar-refractivity contribution is -0.139. The highest BCUT2D eigenvalue weighted by atomic mass is 16.5. The van der Waals surface area contributed by atoms with E-state index in [0.717, 1.165) is 11.6 Å². The largest absolute Gasteiger partial charge is 0.480 e. The number of nitrogens with one attached hydrogen (secondary N) is 2. The number of carboxylic acids is 1. The average molecular weight is 306 g/mol. The van der Waals surface area contributed by atoms with Crippen LogP contribution in [0.2, 0.25) is 0 Å². The molecule has 1 aromatic carbocycles. The number of carbonyl (C=O) groups excluding carboxylic acids is 2. The van der Waals surface area contributed by atoms with Crippen molar-refractivity contribution in [2.75, 3.05) is 6.54 Å². The summed E-state index contributed by atoms with van der Waals surface area (Å²) >= 11 is 0. The molecule has 22 heavy (non-hydrogen) atoms. The maximum atomic E-state index is 11.6. The maximum Gasteiger partial charge on any atom is 0.408 e. The molecule has 0 unspecified atom stereocenters. The molecular weight excluding hydrogens is 288 g/mol. The maximum absolute atomic E-state index is 11.6. The molecule has 0 saturated carbocycles. The molecule has 3 N–H and O–H groups in total. The van der Waals surface area contributed by atoms with E-state index in [0.29, 0.717) is 0 Å². The summed E-state index contributed by atoms with van der Waals surface area (Å²) in [7, 11) is 0. The first-order chi connectivity index (χ1) is 10.5. The van der Waals surface area contributed by atoms with Crippen LogP contribution in [0.3, 0.4) is 0 Å². The van der Waals surface area contributed by atoms with Crippen molar-refractivity contribution in [1.29, 1.82) is 0 Å². The monoisotopic (exact) mass is 306 g/mol. The van der Waals surface area contributed by atoms with E-state index in [2.05, 4.69) is 17.2 Å². The molecule has 2 amide bonds. The fraction of sp³-hybridized carbons (Fsp3) is 0.267. The molecule has 0 bridgehead atoms. The molecule has 1 rings (SSSR count). The van der Waals surface area contributed by atoms with Crippen LogP contribution in [0.5, 0.6) is 0 Å². The number of carbonyl (C=O) groups is 3. The third kappa shape index (κ3) is 6.56. The Morgan fingerprint density at radius 3 is 2.55 bits per heavy atom. The lowest BCUT2D eigenvalue weighted by Gasteiger charge is -2.14. The van der Waals surface area contributed by atoms with Gasteiger partial charge in [-0.1, -0.05) is 36.9 Å². The van der Waals surface area contributed by atoms with Gasteiger partial charge in [-0.05, 0) is 18.1 Å². The third-order valence-corrected chi connectivity index (χ3v) is 2.72. The van der Waals surface area contributed by atoms with Gasteiger partial charge in [0.25, 0.3) is 0 Å². The van der Waals surface area contributed by atoms with Crippen LogP contribution in [0.25, 0.3) is 0 Å². The van der Waals surface area contributed by atoms with Crippen LogP contribution in [0.1, 0.15) is 12.0 Å². The normalized spacial score (nSPS) is 11.1. The van der Waals surface area contributed by atoms with Crippen molar-refractivity contribution in [3.8, 4) is 0 Å². The second-order valence-corrected chi connectivity index (χ2v) is 4.38. The van der Waals surface area contributed by atoms with E-state index in [4.69, 9.17) is 9.84 Å². The molecule has 0 radical (unpaired) electrons. The first kappa shape index (κ1) is 17.2. The Morgan fingerprint density at radius 2 is 1.95 bits per heavy atom. The van der Waals surface area contributed by atoms with Gasteiger partial charge in [-0.2, -0.15) is 0 Å². The minimum absolute atomic E-state index is 0.0371. The van der Waals surface area contributed by atoms with Crippen molar-refractivity contribution in [3.05, 3.63) is 48.6 Å². The molecule has 0 aliphatic rings. The fourth-order valence-corrected chi connectivity index (χ4v) is 1.58. The van der Waals surface area contributed by atoms with Crippen LogP contribution in [0.15, 0.2) is 43.0 Å². The van der Waals surface area contributed by atoms with Crippen molar-refractivity contribution in [3.63, 3.8) is 0 Å². The molecule has 1 aromatic rings. The predicted molar refractivity (Wildman–Crippen MR) is 79.0 cm³/mol. The lowest BCUT2D eigenvalue weighted by atomic mass is 10.2. The summed E-state index contributed by atoms with van der Waals surface area (Å²) in [5.41, 5.74) is 0.794. The number of hydrogen-bond donors (Lipinski definition) is 3. The number of amides is 2. The topological polar surface area (TPSA) is 105 Å². The zero-order valence-electron chi connectivity index (χ0n) is 12.0. The Kier molecular flexibility index (Phi) is 7.18. The second kappa shape index (κ2) is 9.17. The molecule has 0 heterocycles. The van der Waals surface area contributed by atoms with Crippen molar-refractivity contribution < 1.29 is 24.2 Å². The second-order valence-electron chi connectivity index (χ2n) is 4.38. The van der Waals surface area contributed by atoms with E-state index in [1.807, 2.05) is 6.07 Å². The number of benzene rings is 1. The number of ether oxygens (including phenoxy) is 1. The molecule has 0 aromatic heterocycles. The van der Waals surface area contributed by atoms with Crippen LogP contribution in [-0.4, -0.2) is 35.7 Å². The van der Waals surface area contributed by atoms with Crippen LogP contribution >= 0.6 is 0 Å². The van der Waals surface area contributed by atoms with Crippen LogP contribution in [-0.2, 0) is 20.9 Å². The molecular formula is C15H18N2O5. The summed E-state index contributed by atoms with van der Waals surface area (Å²) in [6.45, 7) is 3.42. The minimum atomic E-state index is -1.20. The van der Waals surface area contributed by atoms with Crippen LogP contribution in [0.4, 0.5) is 4.79 Å². The van der Waals surface area contributed by atoms with Gasteiger partial charge in [0.2, 0.25) is 5.91 Å². The van der Waals surface area contributed by atoms with Crippen molar-refractivity contribution in [1.82, 2.24) is 10.6 Å². The molecule has 7 nitrogen and oxygen atoms in total. The third-order valence-electron chi connectivity index (χ3n) is 2.72. The Balaban J connectivity index is 2.38. The fourth-order valence-electron chi connectivity index (χ4n) is 1.58. The molecule has 0 spiro atoms. The summed E-state index contributed by atoms with van der Waals surface area (Å²) < 4.78 is 4.94. The van der Waals surface area contributed by atoms with Gasteiger partial charge in [0.05, 0.1) is 0 Å². The summed E-state index contributed by atoms with van der Waals surface area (Å²) in [6.07, 6.45) is 0.290. The van der Waals surface area contributed by atoms with Gasteiger partial charge in [0, 0.05) is 6.54 Å². The number of rotatable bonds is 8. The summed E-state index contributed by atoms with van der Waals surface area (Å²) in [4.78, 5) is 33.6. The predicted octanol–water partition coefficient (Wildman–Crippen LogP) is 1.06. The average Bonchev–Trinajstić information content (AvgIpc) is 2.52. The van der Waals surface area contributed by atoms with Gasteiger partial charge in [0.15, 0.2) is 0 Å². The molecule has 0 saturated heterocycles. The quantitative estimate of drug-likeness (QED) is 0.623. The Morgan fingerprint density at radius 1 is 1.27 bits per heavy atom. The van der Waals surface area contributed by atoms with Gasteiger partial charge in [-0.15, -0.1) is 0 Å². The van der Waals surface area contributed by atoms with Gasteiger partial charge < -0.3 is 20.5 Å². The minimum Gasteiger partial charge on any atom is -0.480 e. The molecule has 0 aliphatic carbocycles. The zero-order valence-corrected chi connectivity index (χ0v) is 12.0. The van der Waals surface area contributed by atoms with E-state index in [-0.39, 0.29) is 19.6 Å². The molecule has 0 fully saturated rings. The van der Waals surface area contributed by atoms with Gasteiger partial charge in [-0.25, -0.2) is 9.59 Å². The standard InChI is InChI=1S/C15H18N2O5/c1-2-13(18)16-9-8-12(14(19)20)17-15(21)22-10-11-6-4-3-5-7-11/h2-7,12H,1,8-10H2,(H,16,18)(H,17,21)(H,19,20)/t12-/m0/s1. The van der Waals surface area contributed by atoms with E-state index < -0.39 is 24.0 Å². The first-order valence-electron chi connectivity index (χ1n) is 6.63. The Hall–Kier alpha value is -2.83. The highest BCUT2D eigenvalue weighted by Gasteiger charge is 2.20. The van der Waals surface area contributed by atoms with Crippen molar-refractivity contribution in [2.24, 2.45) is 0 Å². The Labute approximate surface area is 128 Å². The number of aliphatic carboxylic acids is 1. The van der Waals surface area contributed by atoms with E-state index in [1.165, 1.54) is 0 Å². The summed E-state index contributed by atoms with van der Waals surface area (Å²) in [5, 5.41) is 13.7. The van der Waals surface area contributed by atoms with Crippen LogP contribution < -0.4 is 10.6 Å². The van der Waals surface area contributed by atoms with E-state index in [9.17, 15) is 14.4 Å². The summed E-state index contributed by atoms with van der Waals surface area (Å²) in [6, 6.07) is 7.87. The van der Waals surface area contributed by atoms with E-state index in [1.54, 1.807) is 24.3 Å². The van der Waals surface area contributed by atoms with E-state index >= 15 is 0 Å². The zero-order chi connectivity index (χ0) is 16.4. The highest BCUT2D eigenvalue weighted by Crippen LogP contribution is 2.01. The van der Waals surface area contributed by atoms with Gasteiger partial charge in [-0.3, -0.25) is 4.79 Å². The first-order valence-corrected chi connectivity index (χ1v) is 6.63. The Bertz CT molecular complexity index is 530. The SMILES string of the molecule is C=CC(=O)NCC[C@H](NC(=O)OCc1ccccc1)C(=O)O. The molecule has 118 valence electrons. The van der Waals surface area contributed by atoms with Crippen molar-refractivity contribution in [2.45, 2.75) is 19.1 Å². The van der Waals surface area contributed by atoms with Crippen LogP contribution in [0, 0.1) is 0 Å². The molecule has 0 aliphatic heterocycles. The smallest absolute Gasteiger partial charge is 0.408 e. The highest BCUT2D eigenvalue weighted by molar-refractivity contribution is 5.86. The van der Waals surface area contributed by atoms with Gasteiger partial charge >= 0.3 is 12.1 Å². The number of alkyl carbamates (subject to hydrolysis) is 1. The number of hydrogen-bond acceptors (Lipinski definition) is 4. The number of carboxylic acid groups (broad SMARTS) is 1. The molecule has 1 atom stereocenters. The molecule has 7 heteroatoms. The van der Waals surface area contributed by atoms with Crippen molar-refractivity contribution >= 4 is 18.0 Å². The lowest BCUT2D eigenvalue weighted by Crippen LogP contribution is -2.43. The summed E-state index contributed by atoms with van der Waals surface area (Å²) in [5.74, 6) is -1.61.